The molecule has 2 nitrogen and oxygen atoms in total. The van der Waals surface area contributed by atoms with Crippen LogP contribution in [-0.2, 0) is 0 Å². The average molecular weight is 371 g/mol. The third kappa shape index (κ3) is 3.13. The minimum absolute atomic E-state index is 0.0317. The van der Waals surface area contributed by atoms with Crippen LogP contribution in [0.25, 0.3) is 0 Å². The largest absolute Gasteiger partial charge is 0.394 e. The van der Waals surface area contributed by atoms with E-state index >= 15 is 0 Å². The van der Waals surface area contributed by atoms with Crippen LogP contribution in [0.4, 0.5) is 5.69 Å². The molecule has 2 rings (SSSR count). The summed E-state index contributed by atoms with van der Waals surface area (Å²) in [6.45, 7) is 0.0317. The van der Waals surface area contributed by atoms with Crippen LogP contribution >= 0.6 is 31.9 Å². The van der Waals surface area contributed by atoms with Crippen LogP contribution in [0.3, 0.4) is 0 Å². The number of aliphatic hydroxyl groups excluding tert-OH is 1. The predicted molar refractivity (Wildman–Crippen MR) is 81.7 cm³/mol. The monoisotopic (exact) mass is 369 g/mol. The fraction of sp³-hybridized carbons (Fsp3) is 0.143. The number of rotatable bonds is 4. The first-order chi connectivity index (χ1) is 8.72. The molecular weight excluding hydrogens is 358 g/mol. The number of aliphatic hydroxyl groups is 1. The third-order valence-corrected chi connectivity index (χ3v) is 4.08. The van der Waals surface area contributed by atoms with Gasteiger partial charge in [0.2, 0.25) is 0 Å². The number of halogens is 2. The van der Waals surface area contributed by atoms with E-state index in [0.29, 0.717) is 0 Å². The topological polar surface area (TPSA) is 32.3 Å². The van der Waals surface area contributed by atoms with Crippen molar-refractivity contribution in [1.82, 2.24) is 0 Å². The van der Waals surface area contributed by atoms with Crippen molar-refractivity contribution in [3.63, 3.8) is 0 Å². The minimum Gasteiger partial charge on any atom is -0.394 e. The first kappa shape index (κ1) is 13.6. The second-order valence-corrected chi connectivity index (χ2v) is 5.59. The Balaban J connectivity index is 2.26. The molecule has 0 aliphatic heterocycles. The van der Waals surface area contributed by atoms with Gasteiger partial charge in [0.25, 0.3) is 0 Å². The molecule has 0 aliphatic rings. The molecule has 0 aliphatic carbocycles. The molecule has 0 bridgehead atoms. The summed E-state index contributed by atoms with van der Waals surface area (Å²) in [7, 11) is 0. The lowest BCUT2D eigenvalue weighted by atomic mass is 10.1. The summed E-state index contributed by atoms with van der Waals surface area (Å²) in [5.41, 5.74) is 2.00. The Labute approximate surface area is 123 Å². The van der Waals surface area contributed by atoms with Crippen molar-refractivity contribution in [2.75, 3.05) is 11.9 Å². The van der Waals surface area contributed by atoms with Gasteiger partial charge in [-0.1, -0.05) is 46.3 Å². The van der Waals surface area contributed by atoms with Gasteiger partial charge in [-0.15, -0.1) is 0 Å². The fourth-order valence-electron chi connectivity index (χ4n) is 1.75. The van der Waals surface area contributed by atoms with Crippen molar-refractivity contribution in [3.8, 4) is 0 Å². The SMILES string of the molecule is OCC(Nc1ccccc1Br)c1ccccc1Br. The molecule has 0 saturated heterocycles. The Morgan fingerprint density at radius 1 is 0.944 bits per heavy atom. The third-order valence-electron chi connectivity index (χ3n) is 2.67. The van der Waals surface area contributed by atoms with Gasteiger partial charge < -0.3 is 10.4 Å². The second-order valence-electron chi connectivity index (χ2n) is 3.88. The Morgan fingerprint density at radius 2 is 1.56 bits per heavy atom. The van der Waals surface area contributed by atoms with Crippen molar-refractivity contribution in [2.45, 2.75) is 6.04 Å². The summed E-state index contributed by atoms with van der Waals surface area (Å²) < 4.78 is 1.97. The van der Waals surface area contributed by atoms with Crippen LogP contribution in [0.5, 0.6) is 0 Å². The minimum atomic E-state index is -0.140. The molecule has 0 saturated carbocycles. The Morgan fingerprint density at radius 3 is 2.17 bits per heavy atom. The summed E-state index contributed by atoms with van der Waals surface area (Å²) in [5, 5.41) is 12.9. The highest BCUT2D eigenvalue weighted by molar-refractivity contribution is 9.10. The molecule has 94 valence electrons. The van der Waals surface area contributed by atoms with Crippen molar-refractivity contribution < 1.29 is 5.11 Å². The highest BCUT2D eigenvalue weighted by atomic mass is 79.9. The first-order valence-electron chi connectivity index (χ1n) is 5.58. The molecule has 0 aromatic heterocycles. The number of benzene rings is 2. The summed E-state index contributed by atoms with van der Waals surface area (Å²) in [4.78, 5) is 0. The molecule has 0 radical (unpaired) electrons. The number of para-hydroxylation sites is 1. The fourth-order valence-corrected chi connectivity index (χ4v) is 2.71. The summed E-state index contributed by atoms with van der Waals surface area (Å²) in [6.07, 6.45) is 0. The maximum absolute atomic E-state index is 9.56. The van der Waals surface area contributed by atoms with Crippen molar-refractivity contribution in [3.05, 3.63) is 63.0 Å². The Hall–Kier alpha value is -0.840. The molecule has 1 unspecified atom stereocenters. The van der Waals surface area contributed by atoms with E-state index in [1.165, 1.54) is 0 Å². The van der Waals surface area contributed by atoms with Gasteiger partial charge in [-0.2, -0.15) is 0 Å². The van der Waals surface area contributed by atoms with Gasteiger partial charge in [0, 0.05) is 14.6 Å². The zero-order chi connectivity index (χ0) is 13.0. The average Bonchev–Trinajstić information content (AvgIpc) is 2.39. The van der Waals surface area contributed by atoms with Crippen LogP contribution in [0.15, 0.2) is 57.5 Å². The molecule has 0 spiro atoms. The normalized spacial score (nSPS) is 12.2. The van der Waals surface area contributed by atoms with E-state index in [0.717, 1.165) is 20.2 Å². The summed E-state index contributed by atoms with van der Waals surface area (Å²) in [5.74, 6) is 0. The summed E-state index contributed by atoms with van der Waals surface area (Å²) in [6, 6.07) is 15.6. The number of nitrogens with one attached hydrogen (secondary N) is 1. The zero-order valence-corrected chi connectivity index (χ0v) is 12.8. The van der Waals surface area contributed by atoms with E-state index < -0.39 is 0 Å². The van der Waals surface area contributed by atoms with E-state index in [2.05, 4.69) is 37.2 Å². The first-order valence-corrected chi connectivity index (χ1v) is 7.17. The van der Waals surface area contributed by atoms with Crippen molar-refractivity contribution >= 4 is 37.5 Å². The van der Waals surface area contributed by atoms with E-state index in [1.54, 1.807) is 0 Å². The number of hydrogen-bond acceptors (Lipinski definition) is 2. The quantitative estimate of drug-likeness (QED) is 0.838. The molecule has 18 heavy (non-hydrogen) atoms. The van der Waals surface area contributed by atoms with E-state index in [-0.39, 0.29) is 12.6 Å². The van der Waals surface area contributed by atoms with Crippen molar-refractivity contribution in [1.29, 1.82) is 0 Å². The highest BCUT2D eigenvalue weighted by Crippen LogP contribution is 2.29. The van der Waals surface area contributed by atoms with Crippen LogP contribution in [0, 0.1) is 0 Å². The Bertz CT molecular complexity index is 531. The van der Waals surface area contributed by atoms with Gasteiger partial charge in [-0.05, 0) is 39.7 Å². The molecule has 0 fully saturated rings. The number of anilines is 1. The highest BCUT2D eigenvalue weighted by Gasteiger charge is 2.13. The molecule has 4 heteroatoms. The van der Waals surface area contributed by atoms with E-state index in [4.69, 9.17) is 0 Å². The lowest BCUT2D eigenvalue weighted by Crippen LogP contribution is -2.15. The van der Waals surface area contributed by atoms with Crippen LogP contribution in [0.1, 0.15) is 11.6 Å². The lowest BCUT2D eigenvalue weighted by Gasteiger charge is -2.20. The van der Waals surface area contributed by atoms with Gasteiger partial charge in [-0.25, -0.2) is 0 Å². The Kier molecular flexibility index (Phi) is 4.80. The molecule has 2 N–H and O–H groups in total. The smallest absolute Gasteiger partial charge is 0.0756 e. The standard InChI is InChI=1S/C14H13Br2NO/c15-11-6-2-1-5-10(11)14(9-18)17-13-8-4-3-7-12(13)16/h1-8,14,17-18H,9H2. The van der Waals surface area contributed by atoms with Crippen LogP contribution in [0.2, 0.25) is 0 Å². The van der Waals surface area contributed by atoms with Crippen LogP contribution < -0.4 is 5.32 Å². The van der Waals surface area contributed by atoms with E-state index in [9.17, 15) is 5.11 Å². The summed E-state index contributed by atoms with van der Waals surface area (Å²) >= 11 is 7.00. The van der Waals surface area contributed by atoms with Gasteiger partial charge >= 0.3 is 0 Å². The molecule has 1 atom stereocenters. The lowest BCUT2D eigenvalue weighted by molar-refractivity contribution is 0.276. The van der Waals surface area contributed by atoms with Crippen LogP contribution in [-0.4, -0.2) is 11.7 Å². The zero-order valence-electron chi connectivity index (χ0n) is 9.61. The molecule has 2 aromatic rings. The maximum Gasteiger partial charge on any atom is 0.0756 e. The maximum atomic E-state index is 9.56. The number of hydrogen-bond donors (Lipinski definition) is 2. The molecule has 0 heterocycles. The molecule has 2 aromatic carbocycles. The van der Waals surface area contributed by atoms with Gasteiger partial charge in [-0.3, -0.25) is 0 Å². The predicted octanol–water partition coefficient (Wildman–Crippen LogP) is 4.36. The van der Waals surface area contributed by atoms with Gasteiger partial charge in [0.1, 0.15) is 0 Å². The second kappa shape index (κ2) is 6.36. The molecule has 0 amide bonds. The van der Waals surface area contributed by atoms with Gasteiger partial charge in [0.05, 0.1) is 12.6 Å². The van der Waals surface area contributed by atoms with Crippen molar-refractivity contribution in [2.24, 2.45) is 0 Å². The molecular formula is C14H13Br2NO. The van der Waals surface area contributed by atoms with E-state index in [1.807, 2.05) is 48.5 Å². The van der Waals surface area contributed by atoms with Gasteiger partial charge in [0.15, 0.2) is 0 Å².